The molecular formula is C16H15N3O2S2. The molecule has 2 aromatic heterocycles. The third-order valence-electron chi connectivity index (χ3n) is 4.28. The predicted octanol–water partition coefficient (Wildman–Crippen LogP) is 4.35. The number of thiazole rings is 2. The molecule has 7 heteroatoms. The first-order chi connectivity index (χ1) is 11.2. The van der Waals surface area contributed by atoms with Gasteiger partial charge in [-0.2, -0.15) is 0 Å². The molecule has 2 aliphatic rings. The molecular weight excluding hydrogens is 330 g/mol. The summed E-state index contributed by atoms with van der Waals surface area (Å²) in [5, 5.41) is 5.18. The molecule has 0 saturated carbocycles. The van der Waals surface area contributed by atoms with Crippen molar-refractivity contribution in [3.63, 3.8) is 0 Å². The Hall–Kier alpha value is -1.86. The van der Waals surface area contributed by atoms with Gasteiger partial charge >= 0.3 is 0 Å². The lowest BCUT2D eigenvalue weighted by atomic mass is 9.93. The lowest BCUT2D eigenvalue weighted by Crippen LogP contribution is -2.09. The highest BCUT2D eigenvalue weighted by Gasteiger charge is 2.21. The first kappa shape index (κ1) is 13.6. The van der Waals surface area contributed by atoms with E-state index in [1.807, 2.05) is 12.1 Å². The molecule has 0 radical (unpaired) electrons. The first-order valence-electron chi connectivity index (χ1n) is 7.70. The molecule has 1 N–H and O–H groups in total. The minimum atomic E-state index is 0.292. The van der Waals surface area contributed by atoms with Crippen LogP contribution in [0.4, 0.5) is 10.3 Å². The van der Waals surface area contributed by atoms with Crippen LogP contribution in [0, 0.1) is 5.92 Å². The Morgan fingerprint density at radius 3 is 2.87 bits per heavy atom. The fraction of sp³-hybridized carbons (Fsp3) is 0.375. The number of aromatic nitrogens is 2. The molecule has 3 aromatic rings. The molecule has 0 amide bonds. The van der Waals surface area contributed by atoms with E-state index < -0.39 is 0 Å². The number of hydrogen-bond acceptors (Lipinski definition) is 7. The molecule has 5 nitrogen and oxygen atoms in total. The van der Waals surface area contributed by atoms with E-state index in [-0.39, 0.29) is 0 Å². The van der Waals surface area contributed by atoms with E-state index in [2.05, 4.69) is 17.2 Å². The highest BCUT2D eigenvalue weighted by Crippen LogP contribution is 2.40. The molecule has 3 heterocycles. The van der Waals surface area contributed by atoms with Gasteiger partial charge in [-0.05, 0) is 25.2 Å². The van der Waals surface area contributed by atoms with Crippen LogP contribution in [0.3, 0.4) is 0 Å². The average molecular weight is 345 g/mol. The van der Waals surface area contributed by atoms with Crippen molar-refractivity contribution in [2.45, 2.75) is 26.2 Å². The van der Waals surface area contributed by atoms with Crippen LogP contribution in [0.25, 0.3) is 10.2 Å². The van der Waals surface area contributed by atoms with Gasteiger partial charge in [0.15, 0.2) is 21.8 Å². The van der Waals surface area contributed by atoms with Gasteiger partial charge in [0, 0.05) is 17.0 Å². The van der Waals surface area contributed by atoms with Crippen molar-refractivity contribution in [2.75, 3.05) is 12.1 Å². The summed E-state index contributed by atoms with van der Waals surface area (Å²) < 4.78 is 11.9. The molecule has 1 aromatic carbocycles. The van der Waals surface area contributed by atoms with Gasteiger partial charge < -0.3 is 14.8 Å². The van der Waals surface area contributed by atoms with E-state index in [1.54, 1.807) is 22.7 Å². The lowest BCUT2D eigenvalue weighted by molar-refractivity contribution is 0.174. The molecule has 1 aliphatic carbocycles. The second-order valence-corrected chi connectivity index (χ2v) is 8.17. The summed E-state index contributed by atoms with van der Waals surface area (Å²) in [6.07, 6.45) is 3.48. The number of anilines is 2. The van der Waals surface area contributed by atoms with Gasteiger partial charge in [0.25, 0.3) is 0 Å². The lowest BCUT2D eigenvalue weighted by Gasteiger charge is -2.15. The van der Waals surface area contributed by atoms with Crippen LogP contribution < -0.4 is 14.8 Å². The van der Waals surface area contributed by atoms with E-state index in [9.17, 15) is 0 Å². The molecule has 0 spiro atoms. The number of benzene rings is 1. The summed E-state index contributed by atoms with van der Waals surface area (Å²) in [6.45, 7) is 2.60. The second kappa shape index (κ2) is 5.07. The molecule has 23 heavy (non-hydrogen) atoms. The van der Waals surface area contributed by atoms with Gasteiger partial charge in [-0.15, -0.1) is 11.3 Å². The fourth-order valence-electron chi connectivity index (χ4n) is 3.06. The minimum absolute atomic E-state index is 0.292. The molecule has 5 rings (SSSR count). The van der Waals surface area contributed by atoms with Crippen LogP contribution in [-0.2, 0) is 12.8 Å². The van der Waals surface area contributed by atoms with Crippen LogP contribution in [0.15, 0.2) is 12.1 Å². The normalized spacial score (nSPS) is 19.1. The molecule has 1 aliphatic heterocycles. The number of rotatable bonds is 2. The Labute approximate surface area is 141 Å². The predicted molar refractivity (Wildman–Crippen MR) is 92.3 cm³/mol. The van der Waals surface area contributed by atoms with Gasteiger partial charge in [-0.25, -0.2) is 9.97 Å². The fourth-order valence-corrected chi connectivity index (χ4v) is 5.17. The largest absolute Gasteiger partial charge is 0.454 e. The molecule has 0 saturated heterocycles. The zero-order chi connectivity index (χ0) is 15.4. The van der Waals surface area contributed by atoms with Gasteiger partial charge in [0.2, 0.25) is 6.79 Å². The Kier molecular flexibility index (Phi) is 2.99. The Morgan fingerprint density at radius 2 is 1.96 bits per heavy atom. The minimum Gasteiger partial charge on any atom is -0.454 e. The maximum absolute atomic E-state index is 5.43. The Balaban J connectivity index is 1.45. The second-order valence-electron chi connectivity index (χ2n) is 6.05. The van der Waals surface area contributed by atoms with E-state index >= 15 is 0 Å². The van der Waals surface area contributed by atoms with Crippen LogP contribution in [0.1, 0.15) is 23.9 Å². The van der Waals surface area contributed by atoms with Crippen molar-refractivity contribution in [1.29, 1.82) is 0 Å². The zero-order valence-corrected chi connectivity index (χ0v) is 14.2. The Bertz CT molecular complexity index is 861. The zero-order valence-electron chi connectivity index (χ0n) is 12.6. The number of fused-ring (bicyclic) bond motifs is 3. The summed E-state index contributed by atoms with van der Waals surface area (Å²) >= 11 is 3.37. The highest BCUT2D eigenvalue weighted by atomic mass is 32.1. The highest BCUT2D eigenvalue weighted by molar-refractivity contribution is 7.22. The van der Waals surface area contributed by atoms with E-state index in [4.69, 9.17) is 14.5 Å². The number of ether oxygens (including phenoxy) is 2. The van der Waals surface area contributed by atoms with Crippen molar-refractivity contribution in [3.8, 4) is 11.5 Å². The van der Waals surface area contributed by atoms with Crippen LogP contribution >= 0.6 is 22.7 Å². The quantitative estimate of drug-likeness (QED) is 0.748. The van der Waals surface area contributed by atoms with Gasteiger partial charge in [-0.1, -0.05) is 18.3 Å². The first-order valence-corrected chi connectivity index (χ1v) is 9.34. The number of aryl methyl sites for hydroxylation is 1. The van der Waals surface area contributed by atoms with E-state index in [0.717, 1.165) is 50.7 Å². The number of nitrogens with one attached hydrogen (secondary N) is 1. The summed E-state index contributed by atoms with van der Waals surface area (Å²) in [5.41, 5.74) is 2.19. The standard InChI is InChI=1S/C16H15N3O2S2/c1-8-2-3-9-13(4-8)22-15(17-9)19-16-18-10-5-11-12(21-7-20-11)6-14(10)23-16/h5-6,8H,2-4,7H2,1H3,(H,17,18,19). The maximum Gasteiger partial charge on any atom is 0.231 e. The van der Waals surface area contributed by atoms with Crippen LogP contribution in [0.2, 0.25) is 0 Å². The molecule has 0 fully saturated rings. The molecule has 118 valence electrons. The van der Waals surface area contributed by atoms with Crippen molar-refractivity contribution >= 4 is 43.2 Å². The Morgan fingerprint density at radius 1 is 1.13 bits per heavy atom. The molecule has 0 bridgehead atoms. The van der Waals surface area contributed by atoms with Gasteiger partial charge in [0.1, 0.15) is 0 Å². The van der Waals surface area contributed by atoms with Gasteiger partial charge in [-0.3, -0.25) is 0 Å². The number of nitrogens with zero attached hydrogens (tertiary/aromatic N) is 2. The van der Waals surface area contributed by atoms with Crippen LogP contribution in [-0.4, -0.2) is 16.8 Å². The summed E-state index contributed by atoms with van der Waals surface area (Å²) in [6, 6.07) is 3.93. The van der Waals surface area contributed by atoms with Crippen molar-refractivity contribution in [3.05, 3.63) is 22.7 Å². The SMILES string of the molecule is CC1CCc2nc(Nc3nc4cc5c(cc4s3)OCO5)sc2C1. The summed E-state index contributed by atoms with van der Waals surface area (Å²) in [5.74, 6) is 2.33. The average Bonchev–Trinajstić information content (AvgIpc) is 3.20. The smallest absolute Gasteiger partial charge is 0.231 e. The topological polar surface area (TPSA) is 56.3 Å². The monoisotopic (exact) mass is 345 g/mol. The summed E-state index contributed by atoms with van der Waals surface area (Å²) in [4.78, 5) is 10.8. The van der Waals surface area contributed by atoms with Crippen LogP contribution in [0.5, 0.6) is 11.5 Å². The van der Waals surface area contributed by atoms with E-state index in [1.165, 1.54) is 17.0 Å². The van der Waals surface area contributed by atoms with Gasteiger partial charge in [0.05, 0.1) is 15.9 Å². The third-order valence-corrected chi connectivity index (χ3v) is 6.25. The number of hydrogen-bond donors (Lipinski definition) is 1. The van der Waals surface area contributed by atoms with E-state index in [0.29, 0.717) is 6.79 Å². The molecule has 1 atom stereocenters. The maximum atomic E-state index is 5.43. The third kappa shape index (κ3) is 2.35. The van der Waals surface area contributed by atoms with Crippen molar-refractivity contribution in [2.24, 2.45) is 5.92 Å². The van der Waals surface area contributed by atoms with Crippen molar-refractivity contribution < 1.29 is 9.47 Å². The summed E-state index contributed by atoms with van der Waals surface area (Å²) in [7, 11) is 0. The molecule has 1 unspecified atom stereocenters. The van der Waals surface area contributed by atoms with Crippen molar-refractivity contribution in [1.82, 2.24) is 9.97 Å².